The number of rotatable bonds is 9. The third kappa shape index (κ3) is 7.20. The molecule has 0 aromatic heterocycles. The minimum atomic E-state index is -3.93. The van der Waals surface area contributed by atoms with Gasteiger partial charge >= 0.3 is 6.03 Å². The number of hydrogen-bond donors (Lipinski definition) is 3. The molecule has 3 atom stereocenters. The van der Waals surface area contributed by atoms with Crippen LogP contribution in [-0.4, -0.2) is 73.6 Å². The van der Waals surface area contributed by atoms with E-state index in [0.717, 1.165) is 21.9 Å². The smallest absolute Gasteiger partial charge is 0.323 e. The van der Waals surface area contributed by atoms with Crippen LogP contribution in [0, 0.1) is 5.92 Å². The number of anilines is 2. The maximum atomic E-state index is 13.9. The quantitative estimate of drug-likeness (QED) is 0.158. The summed E-state index contributed by atoms with van der Waals surface area (Å²) in [7, 11) is -2.44. The van der Waals surface area contributed by atoms with Crippen molar-refractivity contribution in [3.63, 3.8) is 0 Å². The fraction of sp³-hybridized carbons (Fsp3) is 0.231. The van der Waals surface area contributed by atoms with E-state index < -0.39 is 28.2 Å². The van der Waals surface area contributed by atoms with E-state index in [1.165, 1.54) is 11.4 Å². The zero-order valence-corrected chi connectivity index (χ0v) is 28.9. The summed E-state index contributed by atoms with van der Waals surface area (Å²) < 4.78 is 35.4. The molecule has 0 aliphatic carbocycles. The van der Waals surface area contributed by atoms with Crippen LogP contribution in [0.5, 0.6) is 5.75 Å². The Balaban J connectivity index is 1.29. The van der Waals surface area contributed by atoms with Crippen molar-refractivity contribution in [3.8, 4) is 16.9 Å². The number of urea groups is 1. The molecule has 0 bridgehead atoms. The number of amides is 3. The van der Waals surface area contributed by atoms with E-state index in [9.17, 15) is 23.1 Å². The fourth-order valence-corrected chi connectivity index (χ4v) is 7.33. The van der Waals surface area contributed by atoms with Crippen molar-refractivity contribution >= 4 is 44.1 Å². The number of carbonyl (C=O) groups is 2. The first-order valence-corrected chi connectivity index (χ1v) is 17.9. The van der Waals surface area contributed by atoms with Gasteiger partial charge in [0, 0.05) is 24.9 Å². The lowest BCUT2D eigenvalue weighted by atomic mass is 9.99. The summed E-state index contributed by atoms with van der Waals surface area (Å²) in [5.74, 6) is -0.614. The number of nitrogens with zero attached hydrogens (tertiary/aromatic N) is 2. The van der Waals surface area contributed by atoms with Crippen molar-refractivity contribution in [2.45, 2.75) is 30.9 Å². The van der Waals surface area contributed by atoms with E-state index in [1.807, 2.05) is 73.7 Å². The van der Waals surface area contributed by atoms with Gasteiger partial charge in [-0.1, -0.05) is 91.9 Å². The van der Waals surface area contributed by atoms with Gasteiger partial charge < -0.3 is 25.4 Å². The van der Waals surface area contributed by atoms with Crippen molar-refractivity contribution in [3.05, 3.63) is 121 Å². The summed E-state index contributed by atoms with van der Waals surface area (Å²) in [6.45, 7) is 3.52. The molecule has 3 N–H and O–H groups in total. The summed E-state index contributed by atoms with van der Waals surface area (Å²) in [6, 6.07) is 33.5. The Morgan fingerprint density at radius 3 is 2.24 bits per heavy atom. The second kappa shape index (κ2) is 14.7. The summed E-state index contributed by atoms with van der Waals surface area (Å²) in [5.41, 5.74) is 2.91. The van der Waals surface area contributed by atoms with Gasteiger partial charge in [-0.2, -0.15) is 4.31 Å². The molecule has 50 heavy (non-hydrogen) atoms. The summed E-state index contributed by atoms with van der Waals surface area (Å²) >= 11 is 0. The molecule has 5 aromatic rings. The van der Waals surface area contributed by atoms with Crippen LogP contribution >= 0.6 is 0 Å². The third-order valence-electron chi connectivity index (χ3n) is 9.08. The highest BCUT2D eigenvalue weighted by molar-refractivity contribution is 7.89. The highest BCUT2D eigenvalue weighted by Crippen LogP contribution is 2.36. The molecule has 1 aliphatic rings. The number of sulfonamides is 1. The van der Waals surface area contributed by atoms with Gasteiger partial charge in [-0.3, -0.25) is 4.79 Å². The number of ether oxygens (including phenoxy) is 1. The van der Waals surface area contributed by atoms with Crippen molar-refractivity contribution < 1.29 is 27.9 Å². The molecule has 3 unspecified atom stereocenters. The number of likely N-dealkylation sites (N-methyl/N-ethyl adjacent to an activating group) is 1. The zero-order chi connectivity index (χ0) is 35.4. The number of para-hydroxylation sites is 1. The van der Waals surface area contributed by atoms with Gasteiger partial charge in [0.2, 0.25) is 10.0 Å². The van der Waals surface area contributed by atoms with Gasteiger partial charge in [-0.05, 0) is 53.8 Å². The molecule has 0 saturated heterocycles. The van der Waals surface area contributed by atoms with Crippen LogP contribution in [-0.2, 0) is 10.0 Å². The second-order valence-electron chi connectivity index (χ2n) is 12.6. The Morgan fingerprint density at radius 2 is 1.50 bits per heavy atom. The average molecular weight is 693 g/mol. The topological polar surface area (TPSA) is 128 Å². The SMILES string of the molecule is CC1CN(C(C)CO)C(=O)c2cccc(NC(=O)Nc3cccc4ccccc34)c2OC1CN(C)S(=O)(=O)c1ccc(-c2ccccc2)cc1. The second-order valence-corrected chi connectivity index (χ2v) is 14.6. The molecule has 258 valence electrons. The van der Waals surface area contributed by atoms with Crippen molar-refractivity contribution in [1.82, 2.24) is 9.21 Å². The third-order valence-corrected chi connectivity index (χ3v) is 10.9. The van der Waals surface area contributed by atoms with Crippen LogP contribution < -0.4 is 15.4 Å². The van der Waals surface area contributed by atoms with Crippen molar-refractivity contribution in [1.29, 1.82) is 0 Å². The summed E-state index contributed by atoms with van der Waals surface area (Å²) in [6.07, 6.45) is -0.734. The average Bonchev–Trinajstić information content (AvgIpc) is 3.13. The van der Waals surface area contributed by atoms with Gasteiger partial charge in [0.15, 0.2) is 5.75 Å². The summed E-state index contributed by atoms with van der Waals surface area (Å²) in [4.78, 5) is 29.0. The molecular formula is C39H40N4O6S. The molecule has 1 heterocycles. The minimum Gasteiger partial charge on any atom is -0.486 e. The molecule has 5 aromatic carbocycles. The van der Waals surface area contributed by atoms with E-state index in [4.69, 9.17) is 4.74 Å². The van der Waals surface area contributed by atoms with Crippen LogP contribution in [0.25, 0.3) is 21.9 Å². The number of nitrogens with one attached hydrogen (secondary N) is 2. The highest BCUT2D eigenvalue weighted by atomic mass is 32.2. The van der Waals surface area contributed by atoms with E-state index in [-0.39, 0.29) is 53.4 Å². The van der Waals surface area contributed by atoms with Crippen LogP contribution in [0.2, 0.25) is 0 Å². The summed E-state index contributed by atoms with van der Waals surface area (Å²) in [5, 5.41) is 17.6. The van der Waals surface area contributed by atoms with E-state index >= 15 is 0 Å². The number of benzene rings is 5. The predicted octanol–water partition coefficient (Wildman–Crippen LogP) is 6.69. The zero-order valence-electron chi connectivity index (χ0n) is 28.1. The molecule has 11 heteroatoms. The standard InChI is InChI=1S/C39H40N4O6S/c1-26-23-43(27(2)25-44)38(45)33-16-10-18-35(41-39(46)40-34-17-9-14-30-13-7-8-15-32(30)34)37(33)49-36(26)24-42(3)50(47,48)31-21-19-29(20-22-31)28-11-5-4-6-12-28/h4-22,26-27,36,44H,23-25H2,1-3H3,(H2,40,41,46). The van der Waals surface area contributed by atoms with Gasteiger partial charge in [-0.15, -0.1) is 0 Å². The Morgan fingerprint density at radius 1 is 0.880 bits per heavy atom. The first kappa shape index (κ1) is 34.6. The Labute approximate surface area is 292 Å². The van der Waals surface area contributed by atoms with E-state index in [0.29, 0.717) is 5.69 Å². The minimum absolute atomic E-state index is 0.0462. The highest BCUT2D eigenvalue weighted by Gasteiger charge is 2.36. The molecule has 3 amide bonds. The van der Waals surface area contributed by atoms with Crippen molar-refractivity contribution in [2.24, 2.45) is 5.92 Å². The molecule has 0 saturated carbocycles. The van der Waals surface area contributed by atoms with Crippen LogP contribution in [0.4, 0.5) is 16.2 Å². The van der Waals surface area contributed by atoms with Gasteiger partial charge in [0.25, 0.3) is 5.91 Å². The Kier molecular flexibility index (Phi) is 10.2. The van der Waals surface area contributed by atoms with Gasteiger partial charge in [0.05, 0.1) is 41.0 Å². The largest absolute Gasteiger partial charge is 0.486 e. The van der Waals surface area contributed by atoms with Crippen molar-refractivity contribution in [2.75, 3.05) is 37.4 Å². The lowest BCUT2D eigenvalue weighted by Crippen LogP contribution is -2.50. The first-order chi connectivity index (χ1) is 24.1. The predicted molar refractivity (Wildman–Crippen MR) is 196 cm³/mol. The van der Waals surface area contributed by atoms with Crippen LogP contribution in [0.1, 0.15) is 24.2 Å². The fourth-order valence-electron chi connectivity index (χ4n) is 6.15. The van der Waals surface area contributed by atoms with Gasteiger partial charge in [-0.25, -0.2) is 13.2 Å². The Hall–Kier alpha value is -5.23. The molecule has 1 aliphatic heterocycles. The van der Waals surface area contributed by atoms with Crippen LogP contribution in [0.3, 0.4) is 0 Å². The molecule has 6 rings (SSSR count). The molecule has 0 radical (unpaired) electrons. The number of hydrogen-bond acceptors (Lipinski definition) is 6. The number of aliphatic hydroxyl groups is 1. The van der Waals surface area contributed by atoms with E-state index in [1.54, 1.807) is 60.4 Å². The number of fused-ring (bicyclic) bond motifs is 2. The lowest BCUT2D eigenvalue weighted by molar-refractivity contribution is 0.0389. The Bertz CT molecular complexity index is 2100. The van der Waals surface area contributed by atoms with Crippen LogP contribution in [0.15, 0.2) is 120 Å². The first-order valence-electron chi connectivity index (χ1n) is 16.5. The molecule has 10 nitrogen and oxygen atoms in total. The number of aliphatic hydroxyl groups excluding tert-OH is 1. The maximum Gasteiger partial charge on any atom is 0.323 e. The van der Waals surface area contributed by atoms with Gasteiger partial charge in [0.1, 0.15) is 6.10 Å². The van der Waals surface area contributed by atoms with E-state index in [2.05, 4.69) is 10.6 Å². The normalized spacial score (nSPS) is 17.0. The molecule has 0 spiro atoms. The molecule has 0 fully saturated rings. The number of carbonyl (C=O) groups excluding carboxylic acids is 2. The lowest BCUT2D eigenvalue weighted by Gasteiger charge is -2.38. The monoisotopic (exact) mass is 692 g/mol. The molecular weight excluding hydrogens is 653 g/mol. The maximum absolute atomic E-state index is 13.9.